The van der Waals surface area contributed by atoms with Crippen LogP contribution in [0.25, 0.3) is 0 Å². The molecule has 0 saturated carbocycles. The summed E-state index contributed by atoms with van der Waals surface area (Å²) in [5.74, 6) is 0.228. The van der Waals surface area contributed by atoms with Gasteiger partial charge >= 0.3 is 0 Å². The third-order valence-electron chi connectivity index (χ3n) is 5.20. The number of carbonyl (C=O) groups is 2. The number of hydrogen-bond donors (Lipinski definition) is 1. The Kier molecular flexibility index (Phi) is 4.79. The molecule has 2 aliphatic rings. The number of amides is 2. The number of fused-ring (bicyclic) bond motifs is 1. The summed E-state index contributed by atoms with van der Waals surface area (Å²) in [5.41, 5.74) is 1.02. The van der Waals surface area contributed by atoms with Crippen LogP contribution in [0.4, 0.5) is 5.69 Å². The van der Waals surface area contributed by atoms with Gasteiger partial charge in [-0.25, -0.2) is 0 Å². The topological polar surface area (TPSA) is 67.9 Å². The summed E-state index contributed by atoms with van der Waals surface area (Å²) < 4.78 is 11.6. The molecule has 7 heteroatoms. The Balaban J connectivity index is 1.49. The van der Waals surface area contributed by atoms with Gasteiger partial charge in [-0.15, -0.1) is 0 Å². The third-order valence-corrected chi connectivity index (χ3v) is 5.87. The Morgan fingerprint density at radius 1 is 1.18 bits per heavy atom. The van der Waals surface area contributed by atoms with Crippen molar-refractivity contribution in [1.82, 2.24) is 5.32 Å². The second-order valence-corrected chi connectivity index (χ2v) is 8.32. The van der Waals surface area contributed by atoms with Crippen molar-refractivity contribution < 1.29 is 19.1 Å². The molecule has 2 aliphatic heterocycles. The Morgan fingerprint density at radius 2 is 1.93 bits per heavy atom. The fourth-order valence-corrected chi connectivity index (χ4v) is 4.08. The molecule has 0 aromatic heterocycles. The number of benzene rings is 2. The first kappa shape index (κ1) is 18.8. The van der Waals surface area contributed by atoms with Crippen LogP contribution in [0.15, 0.2) is 46.9 Å². The van der Waals surface area contributed by atoms with Gasteiger partial charge in [0.05, 0.1) is 11.2 Å². The number of anilines is 1. The number of nitrogens with zero attached hydrogens (tertiary/aromatic N) is 1. The van der Waals surface area contributed by atoms with E-state index in [2.05, 4.69) is 21.2 Å². The number of carbonyl (C=O) groups excluding carboxylic acids is 2. The van der Waals surface area contributed by atoms with Crippen molar-refractivity contribution in [2.45, 2.75) is 25.8 Å². The normalized spacial score (nSPS) is 18.5. The lowest BCUT2D eigenvalue weighted by Gasteiger charge is -2.28. The van der Waals surface area contributed by atoms with Crippen molar-refractivity contribution in [1.29, 1.82) is 0 Å². The van der Waals surface area contributed by atoms with Crippen LogP contribution in [0.5, 0.6) is 11.5 Å². The summed E-state index contributed by atoms with van der Waals surface area (Å²) in [7, 11) is 0. The van der Waals surface area contributed by atoms with Gasteiger partial charge in [-0.3, -0.25) is 9.59 Å². The quantitative estimate of drug-likeness (QED) is 0.731. The lowest BCUT2D eigenvalue weighted by Crippen LogP contribution is -2.46. The van der Waals surface area contributed by atoms with E-state index in [1.54, 1.807) is 4.90 Å². The van der Waals surface area contributed by atoms with E-state index in [-0.39, 0.29) is 18.6 Å². The van der Waals surface area contributed by atoms with Gasteiger partial charge < -0.3 is 19.7 Å². The Hall–Kier alpha value is -2.54. The van der Waals surface area contributed by atoms with E-state index in [1.807, 2.05) is 56.3 Å². The SMILES string of the molecule is CC(C)(NC(=O)C1CCN(c2ccccc2Br)C1=O)c1ccc2c(c1)OCO2. The van der Waals surface area contributed by atoms with Crippen molar-refractivity contribution in [3.8, 4) is 11.5 Å². The van der Waals surface area contributed by atoms with Crippen LogP contribution in [0.2, 0.25) is 0 Å². The Labute approximate surface area is 171 Å². The van der Waals surface area contributed by atoms with Crippen LogP contribution in [-0.2, 0) is 15.1 Å². The summed E-state index contributed by atoms with van der Waals surface area (Å²) in [5, 5.41) is 3.03. The molecule has 0 bridgehead atoms. The Morgan fingerprint density at radius 3 is 2.71 bits per heavy atom. The first-order valence-corrected chi connectivity index (χ1v) is 9.94. The van der Waals surface area contributed by atoms with E-state index in [9.17, 15) is 9.59 Å². The van der Waals surface area contributed by atoms with Crippen molar-refractivity contribution in [2.24, 2.45) is 5.92 Å². The average Bonchev–Trinajstić information content (AvgIpc) is 3.27. The molecule has 1 saturated heterocycles. The maximum absolute atomic E-state index is 12.9. The van der Waals surface area contributed by atoms with Crippen LogP contribution < -0.4 is 19.7 Å². The molecule has 1 fully saturated rings. The molecule has 6 nitrogen and oxygen atoms in total. The first-order valence-electron chi connectivity index (χ1n) is 9.15. The van der Waals surface area contributed by atoms with Gasteiger partial charge in [-0.1, -0.05) is 18.2 Å². The highest BCUT2D eigenvalue weighted by molar-refractivity contribution is 9.10. The zero-order chi connectivity index (χ0) is 19.9. The average molecular weight is 445 g/mol. The molecule has 0 radical (unpaired) electrons. The molecule has 2 heterocycles. The molecular formula is C21H21BrN2O4. The lowest BCUT2D eigenvalue weighted by molar-refractivity contribution is -0.133. The standard InChI is InChI=1S/C21H21BrN2O4/c1-21(2,13-7-8-17-18(11-13)28-12-27-17)23-19(25)14-9-10-24(20(14)26)16-6-4-3-5-15(16)22/h3-8,11,14H,9-10,12H2,1-2H3,(H,23,25). The molecule has 1 N–H and O–H groups in total. The van der Waals surface area contributed by atoms with Crippen molar-refractivity contribution >= 4 is 33.4 Å². The zero-order valence-corrected chi connectivity index (χ0v) is 17.3. The van der Waals surface area contributed by atoms with Gasteiger partial charge in [0.15, 0.2) is 11.5 Å². The summed E-state index contributed by atoms with van der Waals surface area (Å²) in [6.07, 6.45) is 0.489. The van der Waals surface area contributed by atoms with Crippen LogP contribution in [-0.4, -0.2) is 25.2 Å². The number of rotatable bonds is 4. The Bertz CT molecular complexity index is 944. The van der Waals surface area contributed by atoms with Crippen LogP contribution >= 0.6 is 15.9 Å². The fraction of sp³-hybridized carbons (Fsp3) is 0.333. The summed E-state index contributed by atoms with van der Waals surface area (Å²) >= 11 is 3.48. The fourth-order valence-electron chi connectivity index (χ4n) is 3.59. The number of hydrogen-bond acceptors (Lipinski definition) is 4. The lowest BCUT2D eigenvalue weighted by atomic mass is 9.92. The summed E-state index contributed by atoms with van der Waals surface area (Å²) in [4.78, 5) is 27.5. The maximum atomic E-state index is 12.9. The number of ether oxygens (including phenoxy) is 2. The number of nitrogens with one attached hydrogen (secondary N) is 1. The molecule has 2 aromatic rings. The highest BCUT2D eigenvalue weighted by atomic mass is 79.9. The molecule has 0 spiro atoms. The van der Waals surface area contributed by atoms with E-state index < -0.39 is 11.5 Å². The van der Waals surface area contributed by atoms with Crippen molar-refractivity contribution in [3.63, 3.8) is 0 Å². The van der Waals surface area contributed by atoms with Gasteiger partial charge in [0.1, 0.15) is 5.92 Å². The predicted octanol–water partition coefficient (Wildman–Crippen LogP) is 3.58. The first-order chi connectivity index (χ1) is 13.4. The van der Waals surface area contributed by atoms with E-state index in [0.717, 1.165) is 15.7 Å². The highest BCUT2D eigenvalue weighted by Crippen LogP contribution is 2.36. The molecule has 1 unspecified atom stereocenters. The minimum atomic E-state index is -0.694. The molecule has 0 aliphatic carbocycles. The second-order valence-electron chi connectivity index (χ2n) is 7.46. The summed E-state index contributed by atoms with van der Waals surface area (Å²) in [6, 6.07) is 13.1. The smallest absolute Gasteiger partial charge is 0.239 e. The molecule has 2 aromatic carbocycles. The van der Waals surface area contributed by atoms with Crippen LogP contribution in [0.1, 0.15) is 25.8 Å². The largest absolute Gasteiger partial charge is 0.454 e. The van der Waals surface area contributed by atoms with E-state index in [4.69, 9.17) is 9.47 Å². The van der Waals surface area contributed by atoms with Gasteiger partial charge in [0.2, 0.25) is 18.6 Å². The van der Waals surface area contributed by atoms with Gasteiger partial charge in [0, 0.05) is 11.0 Å². The van der Waals surface area contributed by atoms with Gasteiger partial charge in [0.25, 0.3) is 0 Å². The van der Waals surface area contributed by atoms with Gasteiger partial charge in [-0.05, 0) is 66.0 Å². The molecule has 4 rings (SSSR count). The van der Waals surface area contributed by atoms with Crippen molar-refractivity contribution in [2.75, 3.05) is 18.2 Å². The number of para-hydroxylation sites is 1. The summed E-state index contributed by atoms with van der Waals surface area (Å²) in [6.45, 7) is 4.54. The second kappa shape index (κ2) is 7.13. The van der Waals surface area contributed by atoms with E-state index >= 15 is 0 Å². The predicted molar refractivity (Wildman–Crippen MR) is 108 cm³/mol. The molecule has 1 atom stereocenters. The van der Waals surface area contributed by atoms with Crippen LogP contribution in [0.3, 0.4) is 0 Å². The molecular weight excluding hydrogens is 424 g/mol. The maximum Gasteiger partial charge on any atom is 0.239 e. The van der Waals surface area contributed by atoms with Gasteiger partial charge in [-0.2, -0.15) is 0 Å². The van der Waals surface area contributed by atoms with Crippen molar-refractivity contribution in [3.05, 3.63) is 52.5 Å². The minimum absolute atomic E-state index is 0.175. The molecule has 28 heavy (non-hydrogen) atoms. The van der Waals surface area contributed by atoms with E-state index in [1.165, 1.54) is 0 Å². The molecule has 146 valence electrons. The third kappa shape index (κ3) is 3.35. The molecule has 2 amide bonds. The minimum Gasteiger partial charge on any atom is -0.454 e. The van der Waals surface area contributed by atoms with E-state index in [0.29, 0.717) is 24.5 Å². The highest BCUT2D eigenvalue weighted by Gasteiger charge is 2.40. The monoisotopic (exact) mass is 444 g/mol. The van der Waals surface area contributed by atoms with Crippen LogP contribution in [0, 0.1) is 5.92 Å². The zero-order valence-electron chi connectivity index (χ0n) is 15.7. The number of halogens is 1.